The van der Waals surface area contributed by atoms with Crippen LogP contribution in [0.15, 0.2) is 11.1 Å². The Morgan fingerprint density at radius 1 is 1.55 bits per heavy atom. The quantitative estimate of drug-likeness (QED) is 0.876. The number of hydrogen-bond donors (Lipinski definition) is 2. The number of aliphatic hydroxyl groups is 1. The molecule has 0 aromatic carbocycles. The monoisotopic (exact) mass is 294 g/mol. The molecule has 6 nitrogen and oxygen atoms in total. The van der Waals surface area contributed by atoms with Gasteiger partial charge in [-0.1, -0.05) is 0 Å². The number of nitrogens with zero attached hydrogens (tertiary/aromatic N) is 2. The Bertz CT molecular complexity index is 734. The Morgan fingerprint density at radius 2 is 2.35 bits per heavy atom. The predicted molar refractivity (Wildman–Crippen MR) is 74.3 cm³/mol. The molecule has 0 saturated heterocycles. The molecule has 1 atom stereocenters. The van der Waals surface area contributed by atoms with Crippen molar-refractivity contribution in [2.75, 3.05) is 6.61 Å². The van der Waals surface area contributed by atoms with Gasteiger partial charge in [0.05, 0.1) is 17.6 Å². The van der Waals surface area contributed by atoms with Crippen LogP contribution in [-0.4, -0.2) is 32.3 Å². The zero-order valence-corrected chi connectivity index (χ0v) is 11.5. The molecule has 0 radical (unpaired) electrons. The third kappa shape index (κ3) is 1.94. The van der Waals surface area contributed by atoms with E-state index >= 15 is 0 Å². The van der Waals surface area contributed by atoms with Crippen LogP contribution in [0.2, 0.25) is 0 Å². The summed E-state index contributed by atoms with van der Waals surface area (Å²) in [4.78, 5) is 29.6. The summed E-state index contributed by atoms with van der Waals surface area (Å²) in [5.41, 5.74) is 0.461. The van der Waals surface area contributed by atoms with E-state index in [9.17, 15) is 14.7 Å². The number of carboxylic acid groups (broad SMARTS) is 1. The van der Waals surface area contributed by atoms with E-state index in [2.05, 4.69) is 4.98 Å². The van der Waals surface area contributed by atoms with Crippen molar-refractivity contribution in [3.8, 4) is 0 Å². The van der Waals surface area contributed by atoms with Gasteiger partial charge in [-0.05, 0) is 24.8 Å². The fourth-order valence-electron chi connectivity index (χ4n) is 2.71. The number of aryl methyl sites for hydroxylation is 2. The number of fused-ring (bicyclic) bond motifs is 3. The van der Waals surface area contributed by atoms with Gasteiger partial charge in [-0.2, -0.15) is 0 Å². The Balaban J connectivity index is 2.18. The topological polar surface area (TPSA) is 92.4 Å². The molecule has 0 fully saturated rings. The second-order valence-electron chi connectivity index (χ2n) is 4.87. The van der Waals surface area contributed by atoms with E-state index in [1.807, 2.05) is 0 Å². The highest BCUT2D eigenvalue weighted by molar-refractivity contribution is 7.18. The number of aliphatic carboxylic acids is 1. The Morgan fingerprint density at radius 3 is 3.05 bits per heavy atom. The summed E-state index contributed by atoms with van der Waals surface area (Å²) < 4.78 is 1.45. The lowest BCUT2D eigenvalue weighted by Gasteiger charge is -2.07. The van der Waals surface area contributed by atoms with E-state index in [1.165, 1.54) is 22.2 Å². The third-order valence-electron chi connectivity index (χ3n) is 3.66. The van der Waals surface area contributed by atoms with Crippen molar-refractivity contribution >= 4 is 27.5 Å². The zero-order valence-electron chi connectivity index (χ0n) is 10.7. The molecular weight excluding hydrogens is 280 g/mol. The molecule has 1 aliphatic rings. The molecule has 0 aliphatic heterocycles. The van der Waals surface area contributed by atoms with Crippen LogP contribution in [0.1, 0.15) is 29.2 Å². The van der Waals surface area contributed by atoms with Crippen LogP contribution in [0.4, 0.5) is 0 Å². The minimum Gasteiger partial charge on any atom is -0.481 e. The lowest BCUT2D eigenvalue weighted by atomic mass is 10.0. The largest absolute Gasteiger partial charge is 0.481 e. The number of aromatic nitrogens is 2. The Labute approximate surface area is 118 Å². The van der Waals surface area contributed by atoms with Crippen LogP contribution in [0.5, 0.6) is 0 Å². The smallest absolute Gasteiger partial charge is 0.311 e. The van der Waals surface area contributed by atoms with Crippen LogP contribution in [0.3, 0.4) is 0 Å². The molecule has 0 saturated carbocycles. The van der Waals surface area contributed by atoms with Gasteiger partial charge in [-0.15, -0.1) is 11.3 Å². The molecule has 20 heavy (non-hydrogen) atoms. The Kier molecular flexibility index (Phi) is 3.31. The van der Waals surface area contributed by atoms with Crippen LogP contribution in [0.25, 0.3) is 10.2 Å². The number of hydrogen-bond acceptors (Lipinski definition) is 5. The molecule has 7 heteroatoms. The van der Waals surface area contributed by atoms with E-state index in [0.29, 0.717) is 41.6 Å². The summed E-state index contributed by atoms with van der Waals surface area (Å²) in [5.74, 6) is -1.48. The van der Waals surface area contributed by atoms with Crippen molar-refractivity contribution in [2.45, 2.75) is 31.7 Å². The van der Waals surface area contributed by atoms with Crippen molar-refractivity contribution in [1.82, 2.24) is 9.55 Å². The van der Waals surface area contributed by atoms with Crippen LogP contribution < -0.4 is 5.56 Å². The van der Waals surface area contributed by atoms with Crippen molar-refractivity contribution in [3.05, 3.63) is 27.1 Å². The highest BCUT2D eigenvalue weighted by atomic mass is 32.1. The molecule has 1 unspecified atom stereocenters. The third-order valence-corrected chi connectivity index (χ3v) is 4.83. The van der Waals surface area contributed by atoms with Gasteiger partial charge in [0.2, 0.25) is 0 Å². The highest BCUT2D eigenvalue weighted by Gasteiger charge is 2.34. The minimum atomic E-state index is -0.881. The first kappa shape index (κ1) is 13.3. The summed E-state index contributed by atoms with van der Waals surface area (Å²) in [6.45, 7) is 0.393. The average Bonchev–Trinajstić information content (AvgIpc) is 2.96. The molecule has 0 amide bonds. The summed E-state index contributed by atoms with van der Waals surface area (Å²) in [6.07, 6.45) is 3.20. The molecule has 2 heterocycles. The van der Waals surface area contributed by atoms with Crippen LogP contribution >= 0.6 is 11.3 Å². The van der Waals surface area contributed by atoms with E-state index in [-0.39, 0.29) is 12.2 Å². The number of aliphatic hydroxyl groups excluding tert-OH is 1. The average molecular weight is 294 g/mol. The molecule has 0 bridgehead atoms. The van der Waals surface area contributed by atoms with E-state index in [0.717, 1.165) is 4.88 Å². The van der Waals surface area contributed by atoms with Crippen molar-refractivity contribution in [3.63, 3.8) is 0 Å². The van der Waals surface area contributed by atoms with Gasteiger partial charge in [0.1, 0.15) is 4.83 Å². The normalized spacial score (nSPS) is 17.6. The molecular formula is C13H14N2O4S. The molecule has 106 valence electrons. The lowest BCUT2D eigenvalue weighted by Crippen LogP contribution is -2.22. The van der Waals surface area contributed by atoms with Gasteiger partial charge >= 0.3 is 5.97 Å². The number of rotatable bonds is 4. The first-order chi connectivity index (χ1) is 9.63. The standard InChI is InChI=1S/C13H14N2O4S/c16-5-1-4-15-6-14-11-10(12(15)17)9-7(13(18)19)2-3-8(9)20-11/h6-7,16H,1-5H2,(H,18,19). The van der Waals surface area contributed by atoms with E-state index in [4.69, 9.17) is 5.11 Å². The van der Waals surface area contributed by atoms with E-state index in [1.54, 1.807) is 0 Å². The van der Waals surface area contributed by atoms with Gasteiger partial charge in [0.15, 0.2) is 0 Å². The zero-order chi connectivity index (χ0) is 14.3. The summed E-state index contributed by atoms with van der Waals surface area (Å²) in [7, 11) is 0. The molecule has 2 aromatic heterocycles. The van der Waals surface area contributed by atoms with Crippen molar-refractivity contribution in [2.24, 2.45) is 0 Å². The van der Waals surface area contributed by atoms with Crippen molar-refractivity contribution < 1.29 is 15.0 Å². The number of carboxylic acids is 1. The second-order valence-corrected chi connectivity index (χ2v) is 5.95. The fraction of sp³-hybridized carbons (Fsp3) is 0.462. The summed E-state index contributed by atoms with van der Waals surface area (Å²) >= 11 is 1.42. The van der Waals surface area contributed by atoms with Gasteiger partial charge < -0.3 is 10.2 Å². The molecule has 1 aliphatic carbocycles. The van der Waals surface area contributed by atoms with Gasteiger partial charge in [-0.25, -0.2) is 4.98 Å². The van der Waals surface area contributed by atoms with Crippen LogP contribution in [-0.2, 0) is 17.8 Å². The van der Waals surface area contributed by atoms with E-state index < -0.39 is 11.9 Å². The first-order valence-electron chi connectivity index (χ1n) is 6.48. The maximum absolute atomic E-state index is 12.5. The molecule has 2 N–H and O–H groups in total. The molecule has 3 rings (SSSR count). The molecule has 0 spiro atoms. The maximum Gasteiger partial charge on any atom is 0.311 e. The first-order valence-corrected chi connectivity index (χ1v) is 7.29. The van der Waals surface area contributed by atoms with Crippen LogP contribution in [0, 0.1) is 0 Å². The Hall–Kier alpha value is -1.73. The maximum atomic E-state index is 12.5. The summed E-state index contributed by atoms with van der Waals surface area (Å²) in [5, 5.41) is 18.6. The summed E-state index contributed by atoms with van der Waals surface area (Å²) in [6, 6.07) is 0. The SMILES string of the molecule is O=C(O)C1CCc2sc3ncn(CCCO)c(=O)c3c21. The fourth-order valence-corrected chi connectivity index (χ4v) is 3.92. The predicted octanol–water partition coefficient (Wildman–Crippen LogP) is 0.955. The van der Waals surface area contributed by atoms with Gasteiger partial charge in [0.25, 0.3) is 5.56 Å². The van der Waals surface area contributed by atoms with Crippen molar-refractivity contribution in [1.29, 1.82) is 0 Å². The number of thiophene rings is 1. The number of carbonyl (C=O) groups is 1. The van der Waals surface area contributed by atoms with Gasteiger partial charge in [-0.3, -0.25) is 14.2 Å². The lowest BCUT2D eigenvalue weighted by molar-refractivity contribution is -0.138. The minimum absolute atomic E-state index is 0.00394. The van der Waals surface area contributed by atoms with Gasteiger partial charge in [0, 0.05) is 18.0 Å². The second kappa shape index (κ2) is 4.99. The highest BCUT2D eigenvalue weighted by Crippen LogP contribution is 2.41. The molecule has 2 aromatic rings.